The molecule has 2 N–H and O–H groups in total. The molecular weight excluding hydrogens is 419 g/mol. The van der Waals surface area contributed by atoms with Gasteiger partial charge in [-0.15, -0.1) is 13.2 Å². The smallest absolute Gasteiger partial charge is 0.492 e. The summed E-state index contributed by atoms with van der Waals surface area (Å²) in [4.78, 5) is 18.5. The molecule has 2 aromatic rings. The SMILES string of the molecule is CN(C(=O)Cc1sc(NC2CC3C=CC2C3)nc1O)c1ccc(OC(F)(F)F)cc1. The summed E-state index contributed by atoms with van der Waals surface area (Å²) in [6.07, 6.45) is 1.78. The normalized spacial score (nSPS) is 22.3. The van der Waals surface area contributed by atoms with Crippen molar-refractivity contribution in [3.63, 3.8) is 0 Å². The maximum absolute atomic E-state index is 12.6. The predicted molar refractivity (Wildman–Crippen MR) is 107 cm³/mol. The summed E-state index contributed by atoms with van der Waals surface area (Å²) in [7, 11) is 1.51. The van der Waals surface area contributed by atoms with Crippen molar-refractivity contribution >= 4 is 28.1 Å². The second-order valence-electron chi connectivity index (χ2n) is 7.47. The minimum Gasteiger partial charge on any atom is -0.492 e. The molecule has 3 unspecified atom stereocenters. The van der Waals surface area contributed by atoms with Gasteiger partial charge < -0.3 is 20.1 Å². The maximum Gasteiger partial charge on any atom is 0.573 e. The third-order valence-electron chi connectivity index (χ3n) is 5.41. The summed E-state index contributed by atoms with van der Waals surface area (Å²) in [5, 5.41) is 14.1. The van der Waals surface area contributed by atoms with E-state index >= 15 is 0 Å². The highest BCUT2D eigenvalue weighted by atomic mass is 32.1. The number of aromatic hydroxyl groups is 1. The van der Waals surface area contributed by atoms with E-state index in [0.29, 0.717) is 27.5 Å². The average molecular weight is 439 g/mol. The van der Waals surface area contributed by atoms with Crippen LogP contribution in [0.2, 0.25) is 0 Å². The van der Waals surface area contributed by atoms with E-state index in [2.05, 4.69) is 27.2 Å². The van der Waals surface area contributed by atoms with Crippen molar-refractivity contribution in [3.8, 4) is 11.6 Å². The lowest BCUT2D eigenvalue weighted by Crippen LogP contribution is -2.27. The lowest BCUT2D eigenvalue weighted by Gasteiger charge is -2.18. The second-order valence-corrected chi connectivity index (χ2v) is 8.55. The third kappa shape index (κ3) is 4.53. The number of benzene rings is 1. The summed E-state index contributed by atoms with van der Waals surface area (Å²) < 4.78 is 40.6. The topological polar surface area (TPSA) is 74.7 Å². The van der Waals surface area contributed by atoms with Gasteiger partial charge in [0.2, 0.25) is 11.8 Å². The minimum atomic E-state index is -4.77. The largest absolute Gasteiger partial charge is 0.573 e. The van der Waals surface area contributed by atoms with Gasteiger partial charge in [-0.3, -0.25) is 4.79 Å². The molecule has 1 amide bonds. The number of anilines is 2. The van der Waals surface area contributed by atoms with Crippen molar-refractivity contribution in [2.45, 2.75) is 31.7 Å². The predicted octanol–water partition coefficient (Wildman–Crippen LogP) is 4.33. The standard InChI is InChI=1S/C20H20F3N3O3S/c1-26(13-4-6-14(7-5-13)29-20(21,22)23)17(27)10-16-18(28)25-19(30-16)24-15-9-11-2-3-12(15)8-11/h2-7,11-12,15,28H,8-10H2,1H3,(H,24,25). The van der Waals surface area contributed by atoms with Crippen molar-refractivity contribution < 1.29 is 27.8 Å². The Labute approximate surface area is 175 Å². The minimum absolute atomic E-state index is 0.0703. The third-order valence-corrected chi connectivity index (χ3v) is 6.38. The fraction of sp³-hybridized carbons (Fsp3) is 0.400. The zero-order valence-electron chi connectivity index (χ0n) is 16.0. The van der Waals surface area contributed by atoms with E-state index in [-0.39, 0.29) is 30.0 Å². The molecule has 1 fully saturated rings. The number of rotatable bonds is 6. The number of carbonyl (C=O) groups is 1. The highest BCUT2D eigenvalue weighted by Crippen LogP contribution is 2.41. The number of hydrogen-bond donors (Lipinski definition) is 2. The van der Waals surface area contributed by atoms with Gasteiger partial charge >= 0.3 is 6.36 Å². The van der Waals surface area contributed by atoms with Crippen molar-refractivity contribution in [2.24, 2.45) is 11.8 Å². The van der Waals surface area contributed by atoms with Gasteiger partial charge in [0.25, 0.3) is 0 Å². The van der Waals surface area contributed by atoms with E-state index in [1.165, 1.54) is 35.4 Å². The lowest BCUT2D eigenvalue weighted by molar-refractivity contribution is -0.274. The van der Waals surface area contributed by atoms with Gasteiger partial charge in [-0.25, -0.2) is 0 Å². The van der Waals surface area contributed by atoms with Crippen molar-refractivity contribution in [3.05, 3.63) is 41.3 Å². The van der Waals surface area contributed by atoms with Crippen LogP contribution in [0.25, 0.3) is 0 Å². The number of ether oxygens (including phenoxy) is 1. The van der Waals surface area contributed by atoms with Crippen molar-refractivity contribution in [2.75, 3.05) is 17.3 Å². The first-order valence-electron chi connectivity index (χ1n) is 9.44. The Morgan fingerprint density at radius 1 is 1.30 bits per heavy atom. The molecule has 0 radical (unpaired) electrons. The van der Waals surface area contributed by atoms with Gasteiger partial charge in [0, 0.05) is 18.8 Å². The molecular formula is C20H20F3N3O3S. The van der Waals surface area contributed by atoms with Crippen LogP contribution in [0.1, 0.15) is 17.7 Å². The van der Waals surface area contributed by atoms with E-state index < -0.39 is 6.36 Å². The van der Waals surface area contributed by atoms with Crippen LogP contribution >= 0.6 is 11.3 Å². The van der Waals surface area contributed by atoms with Crippen LogP contribution in [0.4, 0.5) is 24.0 Å². The number of carbonyl (C=O) groups excluding carboxylic acids is 1. The van der Waals surface area contributed by atoms with Crippen LogP contribution in [0.15, 0.2) is 36.4 Å². The van der Waals surface area contributed by atoms with Gasteiger partial charge in [-0.1, -0.05) is 23.5 Å². The number of hydrogen-bond acceptors (Lipinski definition) is 6. The zero-order chi connectivity index (χ0) is 21.5. The molecule has 30 heavy (non-hydrogen) atoms. The number of nitrogens with zero attached hydrogens (tertiary/aromatic N) is 2. The Kier molecular flexibility index (Phi) is 5.35. The number of likely N-dealkylation sites (N-methyl/N-ethyl adjacent to an activating group) is 1. The van der Waals surface area contributed by atoms with Gasteiger partial charge in [-0.2, -0.15) is 4.98 Å². The quantitative estimate of drug-likeness (QED) is 0.656. The second kappa shape index (κ2) is 7.82. The Bertz CT molecular complexity index is 958. The first kappa shape index (κ1) is 20.5. The number of amides is 1. The van der Waals surface area contributed by atoms with E-state index in [1.807, 2.05) is 0 Å². The number of nitrogens with one attached hydrogen (secondary N) is 1. The number of aromatic nitrogens is 1. The fourth-order valence-electron chi connectivity index (χ4n) is 3.90. The molecule has 2 bridgehead atoms. The van der Waals surface area contributed by atoms with Gasteiger partial charge in [0.05, 0.1) is 11.3 Å². The lowest BCUT2D eigenvalue weighted by atomic mass is 10.0. The maximum atomic E-state index is 12.6. The average Bonchev–Trinajstić information content (AvgIpc) is 3.37. The number of allylic oxidation sites excluding steroid dienone is 1. The van der Waals surface area contributed by atoms with Crippen LogP contribution in [0.3, 0.4) is 0 Å². The summed E-state index contributed by atoms with van der Waals surface area (Å²) >= 11 is 1.23. The highest BCUT2D eigenvalue weighted by Gasteiger charge is 2.36. The molecule has 2 aliphatic carbocycles. The summed E-state index contributed by atoms with van der Waals surface area (Å²) in [6.45, 7) is 0. The van der Waals surface area contributed by atoms with Crippen LogP contribution in [0, 0.1) is 11.8 Å². The summed E-state index contributed by atoms with van der Waals surface area (Å²) in [6, 6.07) is 5.29. The number of fused-ring (bicyclic) bond motifs is 2. The molecule has 1 aromatic carbocycles. The molecule has 160 valence electrons. The van der Waals surface area contributed by atoms with Crippen LogP contribution < -0.4 is 15.0 Å². The van der Waals surface area contributed by atoms with E-state index in [1.54, 1.807) is 0 Å². The molecule has 1 saturated carbocycles. The monoisotopic (exact) mass is 439 g/mol. The number of halogens is 3. The first-order valence-corrected chi connectivity index (χ1v) is 10.3. The van der Waals surface area contributed by atoms with E-state index in [9.17, 15) is 23.1 Å². The first-order chi connectivity index (χ1) is 14.2. The summed E-state index contributed by atoms with van der Waals surface area (Å²) in [5.41, 5.74) is 0.408. The van der Waals surface area contributed by atoms with Crippen LogP contribution in [-0.4, -0.2) is 35.4 Å². The van der Waals surface area contributed by atoms with Gasteiger partial charge in [0.15, 0.2) is 5.13 Å². The number of alkyl halides is 3. The molecule has 0 spiro atoms. The summed E-state index contributed by atoms with van der Waals surface area (Å²) in [5.74, 6) is 0.202. The van der Waals surface area contributed by atoms with Crippen LogP contribution in [0.5, 0.6) is 11.6 Å². The Balaban J connectivity index is 1.37. The van der Waals surface area contributed by atoms with Crippen LogP contribution in [-0.2, 0) is 11.2 Å². The molecule has 3 atom stereocenters. The highest BCUT2D eigenvalue weighted by molar-refractivity contribution is 7.16. The Morgan fingerprint density at radius 2 is 2.03 bits per heavy atom. The molecule has 0 saturated heterocycles. The van der Waals surface area contributed by atoms with Crippen molar-refractivity contribution in [1.82, 2.24) is 4.98 Å². The molecule has 1 aromatic heterocycles. The molecule has 10 heteroatoms. The van der Waals surface area contributed by atoms with E-state index in [0.717, 1.165) is 25.0 Å². The van der Waals surface area contributed by atoms with Gasteiger partial charge in [-0.05, 0) is 48.9 Å². The Morgan fingerprint density at radius 3 is 2.63 bits per heavy atom. The molecule has 1 heterocycles. The molecule has 0 aliphatic heterocycles. The van der Waals surface area contributed by atoms with Crippen molar-refractivity contribution in [1.29, 1.82) is 0 Å². The van der Waals surface area contributed by atoms with Gasteiger partial charge in [0.1, 0.15) is 5.75 Å². The Hall–Kier alpha value is -2.75. The number of thiazole rings is 1. The fourth-order valence-corrected chi connectivity index (χ4v) is 4.81. The molecule has 2 aliphatic rings. The molecule has 6 nitrogen and oxygen atoms in total. The zero-order valence-corrected chi connectivity index (χ0v) is 16.8. The van der Waals surface area contributed by atoms with E-state index in [4.69, 9.17) is 0 Å². The molecule has 4 rings (SSSR count).